The number of amides is 2. The van der Waals surface area contributed by atoms with Gasteiger partial charge in [-0.2, -0.15) is 0 Å². The van der Waals surface area contributed by atoms with Crippen LogP contribution in [0.3, 0.4) is 0 Å². The van der Waals surface area contributed by atoms with Crippen molar-refractivity contribution in [3.8, 4) is 0 Å². The monoisotopic (exact) mass is 367 g/mol. The predicted octanol–water partition coefficient (Wildman–Crippen LogP) is 2.82. The zero-order valence-corrected chi connectivity index (χ0v) is 16.1. The maximum atomic E-state index is 12.4. The van der Waals surface area contributed by atoms with E-state index in [0.29, 0.717) is 11.5 Å². The summed E-state index contributed by atoms with van der Waals surface area (Å²) < 4.78 is 0. The summed E-state index contributed by atoms with van der Waals surface area (Å²) in [5.74, 6) is 0.0853. The number of carbonyl (C=O) groups is 2. The van der Waals surface area contributed by atoms with Gasteiger partial charge in [0.2, 0.25) is 17.8 Å². The Morgan fingerprint density at radius 1 is 1.30 bits per heavy atom. The molecule has 1 aliphatic heterocycles. The Balaban J connectivity index is 2.14. The number of carbonyl (C=O) groups excluding carboxylic acids is 2. The Morgan fingerprint density at radius 3 is 2.63 bits per heavy atom. The normalized spacial score (nSPS) is 21.5. The van der Waals surface area contributed by atoms with Gasteiger partial charge < -0.3 is 16.0 Å². The standard InChI is InChI=1S/C20H25N5O2/c1-5-16-12(3)18(24-20-22-9-8-11(2)23-20)15-10-14(19(21)27)6-7-17(15)25(16)13(4)26/h6-10,12,16,18H,5H2,1-4H3,(H2,21,27)(H,22,23,24)/t12-,16-,18+/m0/s1. The number of anilines is 2. The highest BCUT2D eigenvalue weighted by atomic mass is 16.2. The highest BCUT2D eigenvalue weighted by molar-refractivity contribution is 5.97. The zero-order chi connectivity index (χ0) is 19.7. The first-order valence-electron chi connectivity index (χ1n) is 9.13. The van der Waals surface area contributed by atoms with Crippen LogP contribution in [0.25, 0.3) is 0 Å². The molecule has 1 aliphatic rings. The topological polar surface area (TPSA) is 101 Å². The highest BCUT2D eigenvalue weighted by Crippen LogP contribution is 2.43. The molecule has 0 aliphatic carbocycles. The number of fused-ring (bicyclic) bond motifs is 1. The molecule has 0 spiro atoms. The third-order valence-corrected chi connectivity index (χ3v) is 5.21. The Bertz CT molecular complexity index is 882. The van der Waals surface area contributed by atoms with Gasteiger partial charge in [0.05, 0.1) is 6.04 Å². The summed E-state index contributed by atoms with van der Waals surface area (Å²) in [5, 5.41) is 3.41. The molecule has 3 N–H and O–H groups in total. The number of hydrogen-bond donors (Lipinski definition) is 2. The lowest BCUT2D eigenvalue weighted by molar-refractivity contribution is -0.117. The Labute approximate surface area is 159 Å². The average molecular weight is 367 g/mol. The van der Waals surface area contributed by atoms with Crippen LogP contribution >= 0.6 is 0 Å². The van der Waals surface area contributed by atoms with E-state index in [1.165, 1.54) is 0 Å². The van der Waals surface area contributed by atoms with E-state index in [2.05, 4.69) is 29.1 Å². The number of nitrogens with one attached hydrogen (secondary N) is 1. The van der Waals surface area contributed by atoms with Crippen LogP contribution < -0.4 is 16.0 Å². The van der Waals surface area contributed by atoms with Gasteiger partial charge in [0.15, 0.2) is 0 Å². The second-order valence-corrected chi connectivity index (χ2v) is 7.01. The second kappa shape index (κ2) is 7.34. The molecule has 0 saturated carbocycles. The highest BCUT2D eigenvalue weighted by Gasteiger charge is 2.40. The molecule has 7 nitrogen and oxygen atoms in total. The van der Waals surface area contributed by atoms with E-state index in [-0.39, 0.29) is 23.9 Å². The maximum Gasteiger partial charge on any atom is 0.248 e. The minimum Gasteiger partial charge on any atom is -0.366 e. The van der Waals surface area contributed by atoms with Gasteiger partial charge in [0, 0.05) is 42.0 Å². The molecule has 0 saturated heterocycles. The fourth-order valence-corrected chi connectivity index (χ4v) is 3.92. The van der Waals surface area contributed by atoms with Crippen molar-refractivity contribution >= 4 is 23.5 Å². The summed E-state index contributed by atoms with van der Waals surface area (Å²) >= 11 is 0. The quantitative estimate of drug-likeness (QED) is 0.865. The van der Waals surface area contributed by atoms with Gasteiger partial charge in [0.1, 0.15) is 0 Å². The number of hydrogen-bond acceptors (Lipinski definition) is 5. The largest absolute Gasteiger partial charge is 0.366 e. The molecule has 27 heavy (non-hydrogen) atoms. The zero-order valence-electron chi connectivity index (χ0n) is 16.1. The van der Waals surface area contributed by atoms with Crippen molar-refractivity contribution in [1.29, 1.82) is 0 Å². The van der Waals surface area contributed by atoms with Gasteiger partial charge in [-0.05, 0) is 43.2 Å². The minimum atomic E-state index is -0.497. The molecule has 2 aromatic rings. The van der Waals surface area contributed by atoms with Crippen molar-refractivity contribution in [2.45, 2.75) is 46.2 Å². The molecule has 0 unspecified atom stereocenters. The van der Waals surface area contributed by atoms with Gasteiger partial charge in [-0.25, -0.2) is 9.97 Å². The molecule has 0 radical (unpaired) electrons. The molecule has 1 aromatic carbocycles. The maximum absolute atomic E-state index is 12.4. The molecule has 2 heterocycles. The van der Waals surface area contributed by atoms with Crippen molar-refractivity contribution in [3.05, 3.63) is 47.3 Å². The molecular formula is C20H25N5O2. The summed E-state index contributed by atoms with van der Waals surface area (Å²) in [4.78, 5) is 34.7. The number of primary amides is 1. The lowest BCUT2D eigenvalue weighted by Gasteiger charge is -2.45. The fraction of sp³-hybridized carbons (Fsp3) is 0.400. The fourth-order valence-electron chi connectivity index (χ4n) is 3.92. The van der Waals surface area contributed by atoms with Gasteiger partial charge in [-0.1, -0.05) is 13.8 Å². The lowest BCUT2D eigenvalue weighted by Crippen LogP contribution is -2.49. The van der Waals surface area contributed by atoms with Crippen molar-refractivity contribution < 1.29 is 9.59 Å². The second-order valence-electron chi connectivity index (χ2n) is 7.01. The Kier molecular flexibility index (Phi) is 5.12. The first-order chi connectivity index (χ1) is 12.8. The molecule has 7 heteroatoms. The van der Waals surface area contributed by atoms with E-state index < -0.39 is 5.91 Å². The van der Waals surface area contributed by atoms with E-state index in [1.54, 1.807) is 31.3 Å². The Hall–Kier alpha value is -2.96. The number of benzene rings is 1. The number of nitrogens with zero attached hydrogens (tertiary/aromatic N) is 3. The summed E-state index contributed by atoms with van der Waals surface area (Å²) in [6.45, 7) is 7.64. The summed E-state index contributed by atoms with van der Waals surface area (Å²) in [6.07, 6.45) is 2.52. The number of aryl methyl sites for hydroxylation is 1. The van der Waals surface area contributed by atoms with E-state index >= 15 is 0 Å². The van der Waals surface area contributed by atoms with Crippen molar-refractivity contribution in [2.24, 2.45) is 11.7 Å². The first kappa shape index (κ1) is 18.8. The molecule has 2 amide bonds. The summed E-state index contributed by atoms with van der Waals surface area (Å²) in [7, 11) is 0. The molecule has 0 fully saturated rings. The summed E-state index contributed by atoms with van der Waals surface area (Å²) in [6, 6.07) is 6.94. The van der Waals surface area contributed by atoms with Gasteiger partial charge in [-0.3, -0.25) is 9.59 Å². The van der Waals surface area contributed by atoms with Crippen molar-refractivity contribution in [2.75, 3.05) is 10.2 Å². The minimum absolute atomic E-state index is 0.0213. The molecule has 142 valence electrons. The van der Waals surface area contributed by atoms with Crippen LogP contribution in [-0.4, -0.2) is 27.8 Å². The van der Waals surface area contributed by atoms with Crippen LogP contribution in [0.4, 0.5) is 11.6 Å². The van der Waals surface area contributed by atoms with Crippen LogP contribution in [0.2, 0.25) is 0 Å². The third-order valence-electron chi connectivity index (χ3n) is 5.21. The van der Waals surface area contributed by atoms with Crippen LogP contribution in [0.1, 0.15) is 54.8 Å². The van der Waals surface area contributed by atoms with E-state index in [4.69, 9.17) is 5.73 Å². The molecule has 3 atom stereocenters. The molecule has 3 rings (SSSR count). The van der Waals surface area contributed by atoms with Gasteiger partial charge >= 0.3 is 0 Å². The van der Waals surface area contributed by atoms with Crippen LogP contribution in [0.5, 0.6) is 0 Å². The number of nitrogens with two attached hydrogens (primary N) is 1. The number of aromatic nitrogens is 2. The predicted molar refractivity (Wildman–Crippen MR) is 104 cm³/mol. The van der Waals surface area contributed by atoms with Gasteiger partial charge in [-0.15, -0.1) is 0 Å². The van der Waals surface area contributed by atoms with Crippen molar-refractivity contribution in [1.82, 2.24) is 9.97 Å². The van der Waals surface area contributed by atoms with Crippen LogP contribution in [0, 0.1) is 12.8 Å². The van der Waals surface area contributed by atoms with Crippen molar-refractivity contribution in [3.63, 3.8) is 0 Å². The third kappa shape index (κ3) is 3.49. The smallest absolute Gasteiger partial charge is 0.248 e. The lowest BCUT2D eigenvalue weighted by atomic mass is 9.80. The van der Waals surface area contributed by atoms with E-state index in [0.717, 1.165) is 23.4 Å². The van der Waals surface area contributed by atoms with Crippen LogP contribution in [0.15, 0.2) is 30.5 Å². The van der Waals surface area contributed by atoms with E-state index in [1.807, 2.05) is 17.9 Å². The molecule has 1 aromatic heterocycles. The van der Waals surface area contributed by atoms with E-state index in [9.17, 15) is 9.59 Å². The summed E-state index contributed by atoms with van der Waals surface area (Å²) in [5.41, 5.74) is 8.40. The molecule has 0 bridgehead atoms. The number of rotatable bonds is 4. The van der Waals surface area contributed by atoms with Gasteiger partial charge in [0.25, 0.3) is 0 Å². The SMILES string of the molecule is CC[C@H]1[C@H](C)[C@@H](Nc2nccc(C)n2)c2cc(C(N)=O)ccc2N1C(C)=O. The molecular weight excluding hydrogens is 342 g/mol. The average Bonchev–Trinajstić information content (AvgIpc) is 2.62. The Morgan fingerprint density at radius 2 is 2.04 bits per heavy atom. The first-order valence-corrected chi connectivity index (χ1v) is 9.13. The van der Waals surface area contributed by atoms with Crippen LogP contribution in [-0.2, 0) is 4.79 Å².